The zero-order valence-corrected chi connectivity index (χ0v) is 11.6. The van der Waals surface area contributed by atoms with Crippen molar-refractivity contribution in [2.45, 2.75) is 31.7 Å². The summed E-state index contributed by atoms with van der Waals surface area (Å²) >= 11 is 5.82. The van der Waals surface area contributed by atoms with Crippen molar-refractivity contribution < 1.29 is 0 Å². The van der Waals surface area contributed by atoms with Crippen LogP contribution in [0.4, 0.5) is 5.82 Å². The van der Waals surface area contributed by atoms with Crippen molar-refractivity contribution in [3.63, 3.8) is 0 Å². The molecule has 0 bridgehead atoms. The van der Waals surface area contributed by atoms with E-state index in [1.54, 1.807) is 12.4 Å². The molecule has 0 aliphatic heterocycles. The topological polar surface area (TPSA) is 41.9 Å². The SMILES string of the molecule is ClCCCN(c1ccc2nccnc2n1)C1CCC1. The molecule has 3 rings (SSSR count). The zero-order chi connectivity index (χ0) is 13.1. The Balaban J connectivity index is 1.89. The van der Waals surface area contributed by atoms with Gasteiger partial charge in [0.25, 0.3) is 0 Å². The Labute approximate surface area is 117 Å². The molecule has 0 N–H and O–H groups in total. The average Bonchev–Trinajstić information content (AvgIpc) is 2.40. The van der Waals surface area contributed by atoms with Crippen LogP contribution in [0.2, 0.25) is 0 Å². The van der Waals surface area contributed by atoms with Gasteiger partial charge in [0.15, 0.2) is 5.65 Å². The highest BCUT2D eigenvalue weighted by atomic mass is 35.5. The number of nitrogens with zero attached hydrogens (tertiary/aromatic N) is 4. The molecular weight excluding hydrogens is 260 g/mol. The molecule has 0 atom stereocenters. The standard InChI is InChI=1S/C14H17ClN4/c15-7-2-10-19(11-3-1-4-11)13-6-5-12-14(18-13)17-9-8-16-12/h5-6,8-9,11H,1-4,7,10H2. The summed E-state index contributed by atoms with van der Waals surface area (Å²) in [5.41, 5.74) is 1.56. The van der Waals surface area contributed by atoms with Crippen molar-refractivity contribution in [2.75, 3.05) is 17.3 Å². The monoisotopic (exact) mass is 276 g/mol. The number of aromatic nitrogens is 3. The van der Waals surface area contributed by atoms with Crippen LogP contribution in [0.25, 0.3) is 11.2 Å². The van der Waals surface area contributed by atoms with E-state index in [0.717, 1.165) is 29.9 Å². The van der Waals surface area contributed by atoms with E-state index in [2.05, 4.69) is 19.9 Å². The highest BCUT2D eigenvalue weighted by Crippen LogP contribution is 2.29. The van der Waals surface area contributed by atoms with Crippen molar-refractivity contribution in [3.8, 4) is 0 Å². The van der Waals surface area contributed by atoms with Gasteiger partial charge in [0.1, 0.15) is 11.3 Å². The van der Waals surface area contributed by atoms with Gasteiger partial charge < -0.3 is 4.90 Å². The number of halogens is 1. The molecule has 0 aromatic carbocycles. The number of anilines is 1. The molecule has 100 valence electrons. The van der Waals surface area contributed by atoms with E-state index in [4.69, 9.17) is 11.6 Å². The predicted molar refractivity (Wildman–Crippen MR) is 77.7 cm³/mol. The summed E-state index contributed by atoms with van der Waals surface area (Å²) < 4.78 is 0. The first-order valence-corrected chi connectivity index (χ1v) is 7.32. The van der Waals surface area contributed by atoms with Gasteiger partial charge in [-0.15, -0.1) is 11.6 Å². The Bertz CT molecular complexity index is 556. The highest BCUT2D eigenvalue weighted by Gasteiger charge is 2.25. The number of pyridine rings is 1. The zero-order valence-electron chi connectivity index (χ0n) is 10.8. The second-order valence-corrected chi connectivity index (χ2v) is 5.27. The van der Waals surface area contributed by atoms with Crippen LogP contribution < -0.4 is 4.90 Å². The van der Waals surface area contributed by atoms with E-state index in [1.807, 2.05) is 12.1 Å². The van der Waals surface area contributed by atoms with Gasteiger partial charge >= 0.3 is 0 Å². The fourth-order valence-corrected chi connectivity index (χ4v) is 2.54. The van der Waals surface area contributed by atoms with Crippen molar-refractivity contribution in [2.24, 2.45) is 0 Å². The van der Waals surface area contributed by atoms with Gasteiger partial charge in [-0.2, -0.15) is 0 Å². The molecular formula is C14H17ClN4. The number of rotatable bonds is 5. The molecule has 0 unspecified atom stereocenters. The summed E-state index contributed by atoms with van der Waals surface area (Å²) in [6.07, 6.45) is 8.19. The molecule has 1 fully saturated rings. The third kappa shape index (κ3) is 2.63. The molecule has 0 spiro atoms. The minimum absolute atomic E-state index is 0.616. The quantitative estimate of drug-likeness (QED) is 0.787. The minimum atomic E-state index is 0.616. The number of hydrogen-bond acceptors (Lipinski definition) is 4. The summed E-state index contributed by atoms with van der Waals surface area (Å²) in [5, 5.41) is 0. The largest absolute Gasteiger partial charge is 0.354 e. The number of hydrogen-bond donors (Lipinski definition) is 0. The minimum Gasteiger partial charge on any atom is -0.354 e. The molecule has 0 amide bonds. The van der Waals surface area contributed by atoms with E-state index in [9.17, 15) is 0 Å². The van der Waals surface area contributed by atoms with E-state index < -0.39 is 0 Å². The Morgan fingerprint density at radius 2 is 2.05 bits per heavy atom. The van der Waals surface area contributed by atoms with Gasteiger partial charge in [0.05, 0.1) is 0 Å². The third-order valence-electron chi connectivity index (χ3n) is 3.66. The lowest BCUT2D eigenvalue weighted by molar-refractivity contribution is 0.384. The second-order valence-electron chi connectivity index (χ2n) is 4.89. The van der Waals surface area contributed by atoms with Crippen molar-refractivity contribution >= 4 is 28.6 Å². The van der Waals surface area contributed by atoms with Crippen LogP contribution in [0.15, 0.2) is 24.5 Å². The number of fused-ring (bicyclic) bond motifs is 1. The van der Waals surface area contributed by atoms with Crippen molar-refractivity contribution in [1.29, 1.82) is 0 Å². The fraction of sp³-hybridized carbons (Fsp3) is 0.500. The predicted octanol–water partition coefficient (Wildman–Crippen LogP) is 3.01. The third-order valence-corrected chi connectivity index (χ3v) is 3.93. The maximum absolute atomic E-state index is 5.82. The lowest BCUT2D eigenvalue weighted by Gasteiger charge is -2.38. The van der Waals surface area contributed by atoms with Crippen LogP contribution in [-0.2, 0) is 0 Å². The molecule has 0 saturated heterocycles. The molecule has 19 heavy (non-hydrogen) atoms. The normalized spacial score (nSPS) is 15.4. The van der Waals surface area contributed by atoms with Gasteiger partial charge in [-0.1, -0.05) is 0 Å². The van der Waals surface area contributed by atoms with Gasteiger partial charge in [-0.3, -0.25) is 4.98 Å². The molecule has 1 saturated carbocycles. The van der Waals surface area contributed by atoms with Crippen LogP contribution in [0.1, 0.15) is 25.7 Å². The average molecular weight is 277 g/mol. The lowest BCUT2D eigenvalue weighted by atomic mass is 9.91. The second kappa shape index (κ2) is 5.70. The molecule has 4 nitrogen and oxygen atoms in total. The van der Waals surface area contributed by atoms with Crippen molar-refractivity contribution in [3.05, 3.63) is 24.5 Å². The Hall–Kier alpha value is -1.42. The Kier molecular flexibility index (Phi) is 3.78. The van der Waals surface area contributed by atoms with E-state index in [1.165, 1.54) is 19.3 Å². The maximum atomic E-state index is 5.82. The summed E-state index contributed by atoms with van der Waals surface area (Å²) in [6, 6.07) is 4.66. The molecule has 0 radical (unpaired) electrons. The van der Waals surface area contributed by atoms with Gasteiger partial charge in [0.2, 0.25) is 0 Å². The first-order chi connectivity index (χ1) is 9.38. The summed E-state index contributed by atoms with van der Waals surface area (Å²) in [6.45, 7) is 0.965. The Morgan fingerprint density at radius 3 is 2.79 bits per heavy atom. The van der Waals surface area contributed by atoms with Crippen LogP contribution in [0, 0.1) is 0 Å². The van der Waals surface area contributed by atoms with Gasteiger partial charge in [-0.05, 0) is 37.8 Å². The molecule has 2 aromatic rings. The summed E-state index contributed by atoms with van der Waals surface area (Å²) in [7, 11) is 0. The highest BCUT2D eigenvalue weighted by molar-refractivity contribution is 6.17. The molecule has 1 aliphatic carbocycles. The first-order valence-electron chi connectivity index (χ1n) is 6.79. The van der Waals surface area contributed by atoms with E-state index in [-0.39, 0.29) is 0 Å². The molecule has 1 aliphatic rings. The molecule has 5 heteroatoms. The van der Waals surface area contributed by atoms with Crippen LogP contribution in [0.3, 0.4) is 0 Å². The first kappa shape index (κ1) is 12.6. The summed E-state index contributed by atoms with van der Waals surface area (Å²) in [5.74, 6) is 1.69. The molecule has 2 heterocycles. The van der Waals surface area contributed by atoms with Crippen LogP contribution in [-0.4, -0.2) is 33.4 Å². The Morgan fingerprint density at radius 1 is 1.21 bits per heavy atom. The lowest BCUT2D eigenvalue weighted by Crippen LogP contribution is -2.41. The van der Waals surface area contributed by atoms with Gasteiger partial charge in [-0.25, -0.2) is 9.97 Å². The summed E-state index contributed by atoms with van der Waals surface area (Å²) in [4.78, 5) is 15.6. The van der Waals surface area contributed by atoms with E-state index >= 15 is 0 Å². The van der Waals surface area contributed by atoms with Gasteiger partial charge in [0, 0.05) is 30.9 Å². The molecule has 2 aromatic heterocycles. The van der Waals surface area contributed by atoms with Crippen molar-refractivity contribution in [1.82, 2.24) is 15.0 Å². The van der Waals surface area contributed by atoms with Crippen LogP contribution >= 0.6 is 11.6 Å². The smallest absolute Gasteiger partial charge is 0.180 e. The van der Waals surface area contributed by atoms with E-state index in [0.29, 0.717) is 11.9 Å². The number of alkyl halides is 1. The van der Waals surface area contributed by atoms with Crippen LogP contribution in [0.5, 0.6) is 0 Å². The maximum Gasteiger partial charge on any atom is 0.180 e. The fourth-order valence-electron chi connectivity index (χ4n) is 2.42.